The minimum atomic E-state index is -3.94. The molecule has 2 atom stereocenters. The number of ether oxygens (including phenoxy) is 1. The van der Waals surface area contributed by atoms with Crippen LogP contribution in [0.1, 0.15) is 50.3 Å². The summed E-state index contributed by atoms with van der Waals surface area (Å²) in [5, 5.41) is 0.789. The standard InChI is InChI=1S/C26H31NO6S/c1-6-8-19-15-23(28)33-25-18(5)22(14-13-21(19)25)32-26(29)24(17(4)7-2)27-34(30,31)20-11-9-16(3)10-12-20/h9-15,17,24,27H,6-8H2,1-5H3/t17-,24+/m1/s1. The molecule has 0 spiro atoms. The van der Waals surface area contributed by atoms with E-state index in [2.05, 4.69) is 4.72 Å². The van der Waals surface area contributed by atoms with E-state index in [0.717, 1.165) is 29.4 Å². The third-order valence-corrected chi connectivity index (χ3v) is 7.46. The normalized spacial score (nSPS) is 13.6. The molecule has 1 N–H and O–H groups in total. The summed E-state index contributed by atoms with van der Waals surface area (Å²) in [5.74, 6) is -0.820. The van der Waals surface area contributed by atoms with Crippen molar-refractivity contribution in [3.63, 3.8) is 0 Å². The van der Waals surface area contributed by atoms with Gasteiger partial charge in [-0.15, -0.1) is 0 Å². The fourth-order valence-electron chi connectivity index (χ4n) is 3.75. The van der Waals surface area contributed by atoms with Crippen LogP contribution in [0.5, 0.6) is 5.75 Å². The molecule has 0 aliphatic rings. The van der Waals surface area contributed by atoms with Gasteiger partial charge in [-0.2, -0.15) is 4.72 Å². The largest absolute Gasteiger partial charge is 0.425 e. The molecule has 0 amide bonds. The molecular weight excluding hydrogens is 454 g/mol. The molecule has 3 rings (SSSR count). The van der Waals surface area contributed by atoms with Gasteiger partial charge in [0.05, 0.1) is 4.90 Å². The maximum Gasteiger partial charge on any atom is 0.336 e. The van der Waals surface area contributed by atoms with Gasteiger partial charge in [0.25, 0.3) is 0 Å². The highest BCUT2D eigenvalue weighted by Crippen LogP contribution is 2.29. The molecule has 34 heavy (non-hydrogen) atoms. The van der Waals surface area contributed by atoms with Crippen LogP contribution in [-0.2, 0) is 21.2 Å². The second-order valence-corrected chi connectivity index (χ2v) is 10.3. The second kappa shape index (κ2) is 10.5. The lowest BCUT2D eigenvalue weighted by Gasteiger charge is -2.23. The SMILES string of the molecule is CCCc1cc(=O)oc2c(C)c(OC(=O)[C@@H](NS(=O)(=O)c3ccc(C)cc3)[C@H](C)CC)ccc12. The number of benzene rings is 2. The minimum absolute atomic E-state index is 0.0753. The molecule has 0 unspecified atom stereocenters. The van der Waals surface area contributed by atoms with Gasteiger partial charge in [-0.25, -0.2) is 18.0 Å². The lowest BCUT2D eigenvalue weighted by molar-refractivity contribution is -0.137. The van der Waals surface area contributed by atoms with Crippen molar-refractivity contribution in [2.24, 2.45) is 5.92 Å². The number of hydrogen-bond donors (Lipinski definition) is 1. The van der Waals surface area contributed by atoms with E-state index in [4.69, 9.17) is 9.15 Å². The summed E-state index contributed by atoms with van der Waals surface area (Å²) in [6.07, 6.45) is 2.14. The summed E-state index contributed by atoms with van der Waals surface area (Å²) >= 11 is 0. The molecule has 1 aromatic heterocycles. The highest BCUT2D eigenvalue weighted by Gasteiger charge is 2.32. The van der Waals surface area contributed by atoms with Crippen LogP contribution < -0.4 is 15.1 Å². The van der Waals surface area contributed by atoms with Crippen molar-refractivity contribution in [3.05, 3.63) is 69.6 Å². The molecule has 0 aliphatic heterocycles. The molecular formula is C26H31NO6S. The zero-order valence-electron chi connectivity index (χ0n) is 20.2. The molecule has 0 saturated heterocycles. The van der Waals surface area contributed by atoms with Gasteiger partial charge in [-0.1, -0.05) is 51.3 Å². The van der Waals surface area contributed by atoms with Gasteiger partial charge in [0.15, 0.2) is 0 Å². The van der Waals surface area contributed by atoms with E-state index >= 15 is 0 Å². The van der Waals surface area contributed by atoms with Crippen LogP contribution in [0.2, 0.25) is 0 Å². The Bertz CT molecular complexity index is 1340. The Morgan fingerprint density at radius 3 is 2.38 bits per heavy atom. The summed E-state index contributed by atoms with van der Waals surface area (Å²) in [6, 6.07) is 10.2. The summed E-state index contributed by atoms with van der Waals surface area (Å²) < 4.78 is 39.5. The number of carbonyl (C=O) groups excluding carboxylic acids is 1. The van der Waals surface area contributed by atoms with Gasteiger partial charge in [0, 0.05) is 17.0 Å². The number of fused-ring (bicyclic) bond motifs is 1. The summed E-state index contributed by atoms with van der Waals surface area (Å²) in [7, 11) is -3.94. The number of esters is 1. The maximum absolute atomic E-state index is 13.2. The Labute approximate surface area is 200 Å². The highest BCUT2D eigenvalue weighted by molar-refractivity contribution is 7.89. The molecule has 0 fully saturated rings. The van der Waals surface area contributed by atoms with Crippen molar-refractivity contribution in [1.82, 2.24) is 4.72 Å². The molecule has 8 heteroatoms. The van der Waals surface area contributed by atoms with Gasteiger partial charge >= 0.3 is 11.6 Å². The number of aryl methyl sites for hydroxylation is 3. The topological polar surface area (TPSA) is 103 Å². The molecule has 2 aromatic carbocycles. The van der Waals surface area contributed by atoms with Crippen LogP contribution in [0.4, 0.5) is 0 Å². The van der Waals surface area contributed by atoms with Crippen LogP contribution in [0.15, 0.2) is 56.6 Å². The number of carbonyl (C=O) groups is 1. The fourth-order valence-corrected chi connectivity index (χ4v) is 5.04. The van der Waals surface area contributed by atoms with Crippen molar-refractivity contribution in [3.8, 4) is 5.75 Å². The first-order valence-electron chi connectivity index (χ1n) is 11.4. The van der Waals surface area contributed by atoms with Gasteiger partial charge in [-0.05, 0) is 56.0 Å². The number of sulfonamides is 1. The summed E-state index contributed by atoms with van der Waals surface area (Å²) in [4.78, 5) is 25.3. The lowest BCUT2D eigenvalue weighted by atomic mass is 10.00. The first-order valence-corrected chi connectivity index (χ1v) is 12.9. The lowest BCUT2D eigenvalue weighted by Crippen LogP contribution is -2.47. The van der Waals surface area contributed by atoms with E-state index in [-0.39, 0.29) is 16.6 Å². The fraction of sp³-hybridized carbons (Fsp3) is 0.385. The van der Waals surface area contributed by atoms with Crippen LogP contribution in [-0.4, -0.2) is 20.4 Å². The van der Waals surface area contributed by atoms with E-state index in [1.54, 1.807) is 38.1 Å². The average Bonchev–Trinajstić information content (AvgIpc) is 2.79. The third-order valence-electron chi connectivity index (χ3n) is 6.01. The Kier molecular flexibility index (Phi) is 7.94. The first kappa shape index (κ1) is 25.6. The number of rotatable bonds is 9. The van der Waals surface area contributed by atoms with Gasteiger partial charge in [-0.3, -0.25) is 0 Å². The van der Waals surface area contributed by atoms with Crippen molar-refractivity contribution in [2.75, 3.05) is 0 Å². The molecule has 3 aromatic rings. The zero-order valence-corrected chi connectivity index (χ0v) is 21.0. The van der Waals surface area contributed by atoms with Gasteiger partial charge in [0.2, 0.25) is 10.0 Å². The maximum atomic E-state index is 13.2. The molecule has 1 heterocycles. The van der Waals surface area contributed by atoms with Crippen molar-refractivity contribution >= 4 is 27.0 Å². The third kappa shape index (κ3) is 5.56. The quantitative estimate of drug-likeness (QED) is 0.269. The van der Waals surface area contributed by atoms with Crippen molar-refractivity contribution in [2.45, 2.75) is 64.8 Å². The van der Waals surface area contributed by atoms with E-state index in [9.17, 15) is 18.0 Å². The van der Waals surface area contributed by atoms with Crippen LogP contribution >= 0.6 is 0 Å². The smallest absolute Gasteiger partial charge is 0.336 e. The van der Waals surface area contributed by atoms with E-state index < -0.39 is 27.7 Å². The van der Waals surface area contributed by atoms with Crippen molar-refractivity contribution in [1.29, 1.82) is 0 Å². The average molecular weight is 486 g/mol. The predicted octanol–water partition coefficient (Wildman–Crippen LogP) is 4.66. The Morgan fingerprint density at radius 2 is 1.76 bits per heavy atom. The predicted molar refractivity (Wildman–Crippen MR) is 132 cm³/mol. The van der Waals surface area contributed by atoms with Crippen molar-refractivity contribution < 1.29 is 22.4 Å². The molecule has 0 bridgehead atoms. The second-order valence-electron chi connectivity index (χ2n) is 8.62. The van der Waals surface area contributed by atoms with E-state index in [0.29, 0.717) is 17.6 Å². The highest BCUT2D eigenvalue weighted by atomic mass is 32.2. The Balaban J connectivity index is 1.93. The van der Waals surface area contributed by atoms with E-state index in [1.807, 2.05) is 20.8 Å². The van der Waals surface area contributed by atoms with E-state index in [1.165, 1.54) is 18.2 Å². The van der Waals surface area contributed by atoms with Gasteiger partial charge < -0.3 is 9.15 Å². The molecule has 0 aliphatic carbocycles. The van der Waals surface area contributed by atoms with Crippen LogP contribution in [0, 0.1) is 19.8 Å². The zero-order chi connectivity index (χ0) is 25.0. The summed E-state index contributed by atoms with van der Waals surface area (Å²) in [6.45, 7) is 9.25. The number of nitrogens with one attached hydrogen (secondary N) is 1. The Morgan fingerprint density at radius 1 is 1.09 bits per heavy atom. The molecule has 7 nitrogen and oxygen atoms in total. The first-order chi connectivity index (χ1) is 16.1. The minimum Gasteiger partial charge on any atom is -0.425 e. The number of hydrogen-bond acceptors (Lipinski definition) is 6. The molecule has 0 saturated carbocycles. The van der Waals surface area contributed by atoms with Crippen LogP contribution in [0.25, 0.3) is 11.0 Å². The monoisotopic (exact) mass is 485 g/mol. The molecule has 0 radical (unpaired) electrons. The van der Waals surface area contributed by atoms with Gasteiger partial charge in [0.1, 0.15) is 17.4 Å². The molecule has 182 valence electrons. The van der Waals surface area contributed by atoms with Crippen LogP contribution in [0.3, 0.4) is 0 Å². The Hall–Kier alpha value is -2.97. The summed E-state index contributed by atoms with van der Waals surface area (Å²) in [5.41, 5.74) is 2.20.